The lowest BCUT2D eigenvalue weighted by atomic mass is 10.1. The average Bonchev–Trinajstić information content (AvgIpc) is 2.22. The molecular weight excluding hydrogens is 256 g/mol. The fourth-order valence-electron chi connectivity index (χ4n) is 2.09. The smallest absolute Gasteiger partial charge is 0.157 e. The summed E-state index contributed by atoms with van der Waals surface area (Å²) in [6, 6.07) is 0.388. The first-order valence-corrected chi connectivity index (χ1v) is 8.94. The molecule has 2 aliphatic heterocycles. The second-order valence-corrected chi connectivity index (χ2v) is 8.30. The van der Waals surface area contributed by atoms with E-state index in [1.165, 1.54) is 0 Å². The van der Waals surface area contributed by atoms with Crippen molar-refractivity contribution in [3.63, 3.8) is 0 Å². The molecule has 0 spiro atoms. The fraction of sp³-hybridized carbons (Fsp3) is 0.909. The highest BCUT2D eigenvalue weighted by Crippen LogP contribution is 2.22. The van der Waals surface area contributed by atoms with Crippen molar-refractivity contribution in [3.05, 3.63) is 0 Å². The Balaban J connectivity index is 1.95. The first-order valence-electron chi connectivity index (χ1n) is 6.14. The summed E-state index contributed by atoms with van der Waals surface area (Å²) in [4.78, 5) is 4.58. The molecule has 0 aromatic rings. The maximum atomic E-state index is 11.5. The number of hydrogen-bond acceptors (Lipinski definition) is 5. The van der Waals surface area contributed by atoms with Crippen LogP contribution in [0.4, 0.5) is 0 Å². The summed E-state index contributed by atoms with van der Waals surface area (Å²) in [6.45, 7) is 4.31. The van der Waals surface area contributed by atoms with Crippen molar-refractivity contribution in [2.45, 2.75) is 38.8 Å². The first kappa shape index (κ1) is 13.2. The van der Waals surface area contributed by atoms with Gasteiger partial charge >= 0.3 is 0 Å². The predicted octanol–water partition coefficient (Wildman–Crippen LogP) is 1.28. The Morgan fingerprint density at radius 1 is 1.41 bits per heavy atom. The van der Waals surface area contributed by atoms with Gasteiger partial charge in [-0.3, -0.25) is 4.99 Å². The first-order chi connectivity index (χ1) is 7.96. The Hall–Kier alpha value is -0.230. The van der Waals surface area contributed by atoms with Crippen molar-refractivity contribution >= 4 is 26.8 Å². The van der Waals surface area contributed by atoms with E-state index in [0.29, 0.717) is 17.7 Å². The van der Waals surface area contributed by atoms with Gasteiger partial charge in [-0.05, 0) is 25.7 Å². The summed E-state index contributed by atoms with van der Waals surface area (Å²) in [6.07, 6.45) is 1.70. The van der Waals surface area contributed by atoms with Crippen LogP contribution in [-0.4, -0.2) is 42.9 Å². The Kier molecular flexibility index (Phi) is 4.02. The molecule has 3 unspecified atom stereocenters. The molecule has 2 heterocycles. The Morgan fingerprint density at radius 2 is 2.18 bits per heavy atom. The molecule has 0 radical (unpaired) electrons. The molecule has 0 bridgehead atoms. The molecule has 0 saturated carbocycles. The van der Waals surface area contributed by atoms with Crippen molar-refractivity contribution in [2.24, 2.45) is 10.9 Å². The zero-order valence-electron chi connectivity index (χ0n) is 10.3. The quantitative estimate of drug-likeness (QED) is 0.784. The van der Waals surface area contributed by atoms with E-state index in [4.69, 9.17) is 0 Å². The number of sulfone groups is 1. The van der Waals surface area contributed by atoms with Crippen LogP contribution in [0.15, 0.2) is 4.99 Å². The van der Waals surface area contributed by atoms with Gasteiger partial charge in [0.05, 0.1) is 17.5 Å². The maximum absolute atomic E-state index is 11.5. The van der Waals surface area contributed by atoms with Crippen molar-refractivity contribution in [1.82, 2.24) is 5.32 Å². The molecule has 1 N–H and O–H groups in total. The molecule has 0 aromatic heterocycles. The fourth-order valence-corrected chi connectivity index (χ4v) is 4.92. The van der Waals surface area contributed by atoms with E-state index >= 15 is 0 Å². The van der Waals surface area contributed by atoms with Crippen LogP contribution >= 0.6 is 11.8 Å². The molecule has 2 rings (SSSR count). The molecular formula is C11H20N2O2S2. The van der Waals surface area contributed by atoms with Gasteiger partial charge in [-0.2, -0.15) is 0 Å². The maximum Gasteiger partial charge on any atom is 0.157 e. The Bertz CT molecular complexity index is 406. The second-order valence-electron chi connectivity index (χ2n) is 5.06. The minimum Gasteiger partial charge on any atom is -0.361 e. The average molecular weight is 276 g/mol. The van der Waals surface area contributed by atoms with E-state index in [-0.39, 0.29) is 11.8 Å². The molecule has 2 aliphatic rings. The van der Waals surface area contributed by atoms with Crippen LogP contribution < -0.4 is 5.32 Å². The molecule has 17 heavy (non-hydrogen) atoms. The monoisotopic (exact) mass is 276 g/mol. The summed E-state index contributed by atoms with van der Waals surface area (Å²) in [7, 11) is -2.83. The molecule has 4 nitrogen and oxygen atoms in total. The minimum absolute atomic E-state index is 0.0561. The van der Waals surface area contributed by atoms with E-state index in [1.807, 2.05) is 0 Å². The Morgan fingerprint density at radius 3 is 2.82 bits per heavy atom. The molecule has 0 amide bonds. The van der Waals surface area contributed by atoms with Crippen LogP contribution in [0, 0.1) is 5.92 Å². The summed E-state index contributed by atoms with van der Waals surface area (Å²) >= 11 is 1.71. The molecule has 98 valence electrons. The van der Waals surface area contributed by atoms with Gasteiger partial charge in [-0.25, -0.2) is 8.42 Å². The van der Waals surface area contributed by atoms with Gasteiger partial charge in [0.15, 0.2) is 15.0 Å². The van der Waals surface area contributed by atoms with Crippen LogP contribution in [0.1, 0.15) is 26.7 Å². The van der Waals surface area contributed by atoms with Crippen LogP contribution in [0.5, 0.6) is 0 Å². The SMILES string of the molecule is CC1CSC(NC2CCCS(=O)(=O)C2)=NC1C. The topological polar surface area (TPSA) is 58.5 Å². The molecule has 1 saturated heterocycles. The summed E-state index contributed by atoms with van der Waals surface area (Å²) in [5.41, 5.74) is 0. The number of amidine groups is 1. The highest BCUT2D eigenvalue weighted by atomic mass is 32.2. The lowest BCUT2D eigenvalue weighted by Crippen LogP contribution is -2.43. The van der Waals surface area contributed by atoms with Gasteiger partial charge in [0.25, 0.3) is 0 Å². The van der Waals surface area contributed by atoms with E-state index in [1.54, 1.807) is 11.8 Å². The predicted molar refractivity (Wildman–Crippen MR) is 73.3 cm³/mol. The molecule has 0 aromatic carbocycles. The van der Waals surface area contributed by atoms with E-state index in [0.717, 1.165) is 23.8 Å². The summed E-state index contributed by atoms with van der Waals surface area (Å²) in [5, 5.41) is 4.23. The third-order valence-electron chi connectivity index (χ3n) is 3.42. The zero-order valence-corrected chi connectivity index (χ0v) is 12.0. The van der Waals surface area contributed by atoms with Gasteiger partial charge in [-0.1, -0.05) is 18.7 Å². The third-order valence-corrected chi connectivity index (χ3v) is 6.43. The van der Waals surface area contributed by atoms with Gasteiger partial charge in [0.1, 0.15) is 0 Å². The van der Waals surface area contributed by atoms with E-state index in [2.05, 4.69) is 24.2 Å². The lowest BCUT2D eigenvalue weighted by molar-refractivity contribution is 0.517. The van der Waals surface area contributed by atoms with Crippen LogP contribution in [0.3, 0.4) is 0 Å². The summed E-state index contributed by atoms with van der Waals surface area (Å²) in [5.74, 6) is 2.27. The van der Waals surface area contributed by atoms with E-state index in [9.17, 15) is 8.42 Å². The van der Waals surface area contributed by atoms with Crippen LogP contribution in [-0.2, 0) is 9.84 Å². The van der Waals surface area contributed by atoms with Crippen molar-refractivity contribution < 1.29 is 8.42 Å². The van der Waals surface area contributed by atoms with Gasteiger partial charge < -0.3 is 5.32 Å². The highest BCUT2D eigenvalue weighted by molar-refractivity contribution is 8.13. The molecule has 0 aliphatic carbocycles. The lowest BCUT2D eigenvalue weighted by Gasteiger charge is -2.28. The number of nitrogens with one attached hydrogen (secondary N) is 1. The van der Waals surface area contributed by atoms with Gasteiger partial charge in [0.2, 0.25) is 0 Å². The molecule has 3 atom stereocenters. The second kappa shape index (κ2) is 5.18. The standard InChI is InChI=1S/C11H20N2O2S2/c1-8-6-16-11(12-9(8)2)13-10-4-3-5-17(14,15)7-10/h8-10H,3-7H2,1-2H3,(H,12,13). The van der Waals surface area contributed by atoms with Crippen LogP contribution in [0.25, 0.3) is 0 Å². The molecule has 1 fully saturated rings. The van der Waals surface area contributed by atoms with Gasteiger partial charge in [-0.15, -0.1) is 0 Å². The van der Waals surface area contributed by atoms with Crippen LogP contribution in [0.2, 0.25) is 0 Å². The number of aliphatic imine (C=N–C) groups is 1. The zero-order chi connectivity index (χ0) is 12.5. The number of nitrogens with zero attached hydrogens (tertiary/aromatic N) is 1. The van der Waals surface area contributed by atoms with Crippen molar-refractivity contribution in [1.29, 1.82) is 0 Å². The van der Waals surface area contributed by atoms with Gasteiger partial charge in [0, 0.05) is 11.8 Å². The number of thioether (sulfide) groups is 1. The largest absolute Gasteiger partial charge is 0.361 e. The number of rotatable bonds is 1. The third kappa shape index (κ3) is 3.61. The molecule has 6 heteroatoms. The minimum atomic E-state index is -2.83. The normalized spacial score (nSPS) is 37.3. The highest BCUT2D eigenvalue weighted by Gasteiger charge is 2.27. The van der Waals surface area contributed by atoms with Crippen molar-refractivity contribution in [2.75, 3.05) is 17.3 Å². The van der Waals surface area contributed by atoms with E-state index < -0.39 is 9.84 Å². The Labute approximate surface area is 108 Å². The number of hydrogen-bond donors (Lipinski definition) is 1. The summed E-state index contributed by atoms with van der Waals surface area (Å²) < 4.78 is 23.1. The van der Waals surface area contributed by atoms with Crippen molar-refractivity contribution in [3.8, 4) is 0 Å².